The van der Waals surface area contributed by atoms with E-state index in [1.807, 2.05) is 0 Å². The molecule has 14 heavy (non-hydrogen) atoms. The number of ether oxygens (including phenoxy) is 1. The summed E-state index contributed by atoms with van der Waals surface area (Å²) in [5, 5.41) is 3.66. The highest BCUT2D eigenvalue weighted by molar-refractivity contribution is 7.99. The van der Waals surface area contributed by atoms with E-state index in [-0.39, 0.29) is 5.60 Å². The first-order valence-corrected chi connectivity index (χ1v) is 6.89. The minimum Gasteiger partial charge on any atom is -0.374 e. The van der Waals surface area contributed by atoms with E-state index in [0.717, 1.165) is 19.2 Å². The molecule has 2 saturated heterocycles. The molecule has 0 radical (unpaired) electrons. The number of rotatable bonds is 3. The zero-order chi connectivity index (χ0) is 9.86. The Kier molecular flexibility index (Phi) is 3.74. The van der Waals surface area contributed by atoms with E-state index in [9.17, 15) is 0 Å². The Morgan fingerprint density at radius 2 is 2.43 bits per heavy atom. The second-order valence-corrected chi connectivity index (χ2v) is 5.85. The second kappa shape index (κ2) is 4.86. The Labute approximate surface area is 91.2 Å². The minimum atomic E-state index is 0.127. The average Bonchev–Trinajstić information content (AvgIpc) is 2.65. The summed E-state index contributed by atoms with van der Waals surface area (Å²) in [6.07, 6.45) is 5.18. The number of thioether (sulfide) groups is 1. The van der Waals surface area contributed by atoms with Crippen molar-refractivity contribution < 1.29 is 4.74 Å². The highest BCUT2D eigenvalue weighted by Crippen LogP contribution is 2.25. The number of hydrogen-bond donors (Lipinski definition) is 1. The van der Waals surface area contributed by atoms with Gasteiger partial charge in [0, 0.05) is 24.9 Å². The van der Waals surface area contributed by atoms with E-state index in [1.165, 1.54) is 37.2 Å². The Hall–Kier alpha value is 0.270. The number of hydrogen-bond acceptors (Lipinski definition) is 3. The molecule has 2 aliphatic rings. The molecular weight excluding hydrogens is 194 g/mol. The van der Waals surface area contributed by atoms with Gasteiger partial charge in [-0.2, -0.15) is 11.8 Å². The summed E-state index contributed by atoms with van der Waals surface area (Å²) in [5.41, 5.74) is 0.127. The smallest absolute Gasteiger partial charge is 0.0779 e. The fraction of sp³-hybridized carbons (Fsp3) is 1.00. The third kappa shape index (κ3) is 2.88. The molecule has 2 rings (SSSR count). The SMILES string of the molecule is CC1(CNC2CCCSC2)CCCO1. The summed E-state index contributed by atoms with van der Waals surface area (Å²) in [6, 6.07) is 0.731. The van der Waals surface area contributed by atoms with Gasteiger partial charge in [0.2, 0.25) is 0 Å². The molecule has 1 N–H and O–H groups in total. The quantitative estimate of drug-likeness (QED) is 0.778. The molecular formula is C11H21NOS. The van der Waals surface area contributed by atoms with Gasteiger partial charge in [-0.1, -0.05) is 0 Å². The molecule has 82 valence electrons. The maximum Gasteiger partial charge on any atom is 0.0779 e. The topological polar surface area (TPSA) is 21.3 Å². The van der Waals surface area contributed by atoms with Gasteiger partial charge < -0.3 is 10.1 Å². The average molecular weight is 215 g/mol. The molecule has 0 aromatic carbocycles. The largest absolute Gasteiger partial charge is 0.374 e. The van der Waals surface area contributed by atoms with Crippen LogP contribution < -0.4 is 5.32 Å². The number of nitrogens with one attached hydrogen (secondary N) is 1. The van der Waals surface area contributed by atoms with Crippen LogP contribution in [0.2, 0.25) is 0 Å². The molecule has 3 heteroatoms. The normalized spacial score (nSPS) is 38.8. The molecule has 2 unspecified atom stereocenters. The van der Waals surface area contributed by atoms with Crippen LogP contribution in [0.25, 0.3) is 0 Å². The lowest BCUT2D eigenvalue weighted by Gasteiger charge is -2.29. The van der Waals surface area contributed by atoms with Crippen LogP contribution in [0.5, 0.6) is 0 Å². The van der Waals surface area contributed by atoms with Crippen molar-refractivity contribution in [2.45, 2.75) is 44.2 Å². The highest BCUT2D eigenvalue weighted by atomic mass is 32.2. The van der Waals surface area contributed by atoms with Gasteiger partial charge in [-0.3, -0.25) is 0 Å². The molecule has 2 aliphatic heterocycles. The minimum absolute atomic E-state index is 0.127. The third-order valence-electron chi connectivity index (χ3n) is 3.23. The lowest BCUT2D eigenvalue weighted by molar-refractivity contribution is 0.0190. The lowest BCUT2D eigenvalue weighted by atomic mass is 10.0. The molecule has 0 bridgehead atoms. The van der Waals surface area contributed by atoms with Crippen LogP contribution >= 0.6 is 11.8 Å². The van der Waals surface area contributed by atoms with Crippen molar-refractivity contribution in [3.8, 4) is 0 Å². The van der Waals surface area contributed by atoms with Gasteiger partial charge in [-0.25, -0.2) is 0 Å². The summed E-state index contributed by atoms with van der Waals surface area (Å²) in [6.45, 7) is 4.23. The molecule has 2 nitrogen and oxygen atoms in total. The fourth-order valence-electron chi connectivity index (χ4n) is 2.24. The molecule has 0 aromatic heterocycles. The Morgan fingerprint density at radius 3 is 3.07 bits per heavy atom. The first kappa shape index (κ1) is 10.8. The zero-order valence-electron chi connectivity index (χ0n) is 9.05. The van der Waals surface area contributed by atoms with Crippen molar-refractivity contribution in [2.24, 2.45) is 0 Å². The highest BCUT2D eigenvalue weighted by Gasteiger charge is 2.30. The summed E-state index contributed by atoms with van der Waals surface area (Å²) >= 11 is 2.08. The molecule has 2 fully saturated rings. The van der Waals surface area contributed by atoms with Gasteiger partial charge in [0.1, 0.15) is 0 Å². The van der Waals surface area contributed by atoms with Gasteiger partial charge in [0.05, 0.1) is 5.60 Å². The molecule has 0 spiro atoms. The van der Waals surface area contributed by atoms with Gasteiger partial charge in [0.25, 0.3) is 0 Å². The Balaban J connectivity index is 1.70. The van der Waals surface area contributed by atoms with Crippen LogP contribution in [0.4, 0.5) is 0 Å². The standard InChI is InChI=1S/C11H21NOS/c1-11(5-3-6-13-11)9-12-10-4-2-7-14-8-10/h10,12H,2-9H2,1H3. The molecule has 0 aliphatic carbocycles. The summed E-state index contributed by atoms with van der Waals surface area (Å²) in [7, 11) is 0. The van der Waals surface area contributed by atoms with Crippen molar-refractivity contribution in [1.82, 2.24) is 5.32 Å². The van der Waals surface area contributed by atoms with Gasteiger partial charge in [-0.15, -0.1) is 0 Å². The first-order chi connectivity index (χ1) is 6.79. The van der Waals surface area contributed by atoms with Crippen LogP contribution in [0.1, 0.15) is 32.6 Å². The lowest BCUT2D eigenvalue weighted by Crippen LogP contribution is -2.44. The predicted octanol–water partition coefficient (Wildman–Crippen LogP) is 2.04. The van der Waals surface area contributed by atoms with E-state index >= 15 is 0 Å². The van der Waals surface area contributed by atoms with Crippen molar-refractivity contribution in [1.29, 1.82) is 0 Å². The molecule has 0 aromatic rings. The van der Waals surface area contributed by atoms with Crippen LogP contribution in [0.15, 0.2) is 0 Å². The van der Waals surface area contributed by atoms with Crippen LogP contribution in [0, 0.1) is 0 Å². The van der Waals surface area contributed by atoms with Gasteiger partial charge in [-0.05, 0) is 38.4 Å². The Morgan fingerprint density at radius 1 is 1.50 bits per heavy atom. The molecule has 0 saturated carbocycles. The summed E-state index contributed by atoms with van der Waals surface area (Å²) < 4.78 is 5.76. The van der Waals surface area contributed by atoms with Gasteiger partial charge in [0.15, 0.2) is 0 Å². The van der Waals surface area contributed by atoms with E-state index < -0.39 is 0 Å². The molecule has 2 heterocycles. The maximum absolute atomic E-state index is 5.76. The molecule has 2 atom stereocenters. The predicted molar refractivity (Wildman–Crippen MR) is 61.9 cm³/mol. The van der Waals surface area contributed by atoms with Crippen LogP contribution in [0.3, 0.4) is 0 Å². The Bertz CT molecular complexity index is 174. The van der Waals surface area contributed by atoms with E-state index in [2.05, 4.69) is 24.0 Å². The summed E-state index contributed by atoms with van der Waals surface area (Å²) in [5.74, 6) is 2.64. The van der Waals surface area contributed by atoms with Crippen molar-refractivity contribution in [3.05, 3.63) is 0 Å². The monoisotopic (exact) mass is 215 g/mol. The van der Waals surface area contributed by atoms with Crippen molar-refractivity contribution >= 4 is 11.8 Å². The van der Waals surface area contributed by atoms with E-state index in [1.54, 1.807) is 0 Å². The van der Waals surface area contributed by atoms with Crippen LogP contribution in [-0.2, 0) is 4.74 Å². The van der Waals surface area contributed by atoms with Crippen molar-refractivity contribution in [2.75, 3.05) is 24.7 Å². The maximum atomic E-state index is 5.76. The zero-order valence-corrected chi connectivity index (χ0v) is 9.87. The third-order valence-corrected chi connectivity index (χ3v) is 4.44. The second-order valence-electron chi connectivity index (χ2n) is 4.70. The van der Waals surface area contributed by atoms with Crippen LogP contribution in [-0.4, -0.2) is 36.3 Å². The van der Waals surface area contributed by atoms with E-state index in [0.29, 0.717) is 0 Å². The molecule has 0 amide bonds. The van der Waals surface area contributed by atoms with Gasteiger partial charge >= 0.3 is 0 Å². The first-order valence-electron chi connectivity index (χ1n) is 5.74. The van der Waals surface area contributed by atoms with E-state index in [4.69, 9.17) is 4.74 Å². The van der Waals surface area contributed by atoms with Crippen molar-refractivity contribution in [3.63, 3.8) is 0 Å². The fourth-order valence-corrected chi connectivity index (χ4v) is 3.34. The summed E-state index contributed by atoms with van der Waals surface area (Å²) in [4.78, 5) is 0.